The van der Waals surface area contributed by atoms with Gasteiger partial charge >= 0.3 is 27.3 Å². The van der Waals surface area contributed by atoms with E-state index in [4.69, 9.17) is 4.55 Å². The monoisotopic (exact) mass is 320 g/mol. The van der Waals surface area contributed by atoms with Gasteiger partial charge in [-0.3, -0.25) is 4.55 Å². The van der Waals surface area contributed by atoms with E-state index in [0.29, 0.717) is 0 Å². The summed E-state index contributed by atoms with van der Waals surface area (Å²) in [6.07, 6.45) is 0. The Morgan fingerprint density at radius 1 is 1.57 bits per heavy atom. The third kappa shape index (κ3) is 10.9. The van der Waals surface area contributed by atoms with Crippen LogP contribution in [0.15, 0.2) is 0 Å². The molecule has 0 aliphatic heterocycles. The molecule has 0 fully saturated rings. The standard InChI is InChI=1S/C2H6O3S.Pb.2H/c1-2-6(3,4)5;;;/h2H2,1H3,(H,3,4,5);;;. The fourth-order valence-corrected chi connectivity index (χ4v) is 0. The van der Waals surface area contributed by atoms with Gasteiger partial charge in [0.2, 0.25) is 0 Å². The van der Waals surface area contributed by atoms with Crippen molar-refractivity contribution in [1.82, 2.24) is 0 Å². The SMILES string of the molecule is CCS(=O)(=O)O.[PbH2]. The molecule has 0 aromatic carbocycles. The molecule has 0 saturated heterocycles. The Labute approximate surface area is 63.0 Å². The van der Waals surface area contributed by atoms with Gasteiger partial charge in [0.05, 0.1) is 5.75 Å². The maximum absolute atomic E-state index is 9.56. The first kappa shape index (κ1) is 10.7. The molecule has 0 spiro atoms. The summed E-state index contributed by atoms with van der Waals surface area (Å²) in [4.78, 5) is 0. The van der Waals surface area contributed by atoms with Gasteiger partial charge in [0.15, 0.2) is 0 Å². The fraction of sp³-hybridized carbons (Fsp3) is 1.00. The fourth-order valence-electron chi connectivity index (χ4n) is 0. The summed E-state index contributed by atoms with van der Waals surface area (Å²) >= 11 is 0. The summed E-state index contributed by atoms with van der Waals surface area (Å²) in [6.45, 7) is 1.37. The van der Waals surface area contributed by atoms with Crippen LogP contribution >= 0.6 is 0 Å². The third-order valence-corrected chi connectivity index (χ3v) is 1.09. The van der Waals surface area contributed by atoms with Crippen LogP contribution in [0.3, 0.4) is 0 Å². The maximum atomic E-state index is 9.56. The molecule has 0 aromatic rings. The average molecular weight is 319 g/mol. The van der Waals surface area contributed by atoms with Crippen molar-refractivity contribution >= 4 is 37.4 Å². The van der Waals surface area contributed by atoms with Gasteiger partial charge in [-0.1, -0.05) is 0 Å². The molecule has 0 aliphatic rings. The van der Waals surface area contributed by atoms with Crippen molar-refractivity contribution in [3.63, 3.8) is 0 Å². The Balaban J connectivity index is 0. The van der Waals surface area contributed by atoms with Gasteiger partial charge in [-0.25, -0.2) is 0 Å². The summed E-state index contributed by atoms with van der Waals surface area (Å²) in [5.74, 6) is -0.201. The Morgan fingerprint density at radius 3 is 1.71 bits per heavy atom. The molecule has 7 heavy (non-hydrogen) atoms. The summed E-state index contributed by atoms with van der Waals surface area (Å²) in [7, 11) is -3.66. The van der Waals surface area contributed by atoms with Crippen LogP contribution < -0.4 is 0 Å². The van der Waals surface area contributed by atoms with E-state index in [-0.39, 0.29) is 33.1 Å². The molecule has 5 heteroatoms. The molecule has 0 rings (SSSR count). The Bertz CT molecular complexity index is 115. The van der Waals surface area contributed by atoms with Crippen LogP contribution in [0.5, 0.6) is 0 Å². The van der Waals surface area contributed by atoms with Gasteiger partial charge in [-0.2, -0.15) is 8.42 Å². The number of hydrogen-bond acceptors (Lipinski definition) is 2. The van der Waals surface area contributed by atoms with Crippen molar-refractivity contribution in [3.05, 3.63) is 0 Å². The first-order valence-corrected chi connectivity index (χ1v) is 3.12. The molecule has 44 valence electrons. The Morgan fingerprint density at radius 2 is 1.71 bits per heavy atom. The molecular weight excluding hydrogens is 311 g/mol. The Hall–Kier alpha value is 0.832. The van der Waals surface area contributed by atoms with Crippen molar-refractivity contribution in [2.45, 2.75) is 6.92 Å². The number of hydrogen-bond donors (Lipinski definition) is 1. The van der Waals surface area contributed by atoms with Crippen LogP contribution in [0.2, 0.25) is 0 Å². The minimum atomic E-state index is -3.66. The van der Waals surface area contributed by atoms with Crippen molar-refractivity contribution in [2.75, 3.05) is 5.75 Å². The topological polar surface area (TPSA) is 54.4 Å². The van der Waals surface area contributed by atoms with Gasteiger partial charge < -0.3 is 0 Å². The van der Waals surface area contributed by atoms with E-state index in [1.165, 1.54) is 6.92 Å². The Kier molecular flexibility index (Phi) is 5.82. The van der Waals surface area contributed by atoms with Crippen LogP contribution in [0.4, 0.5) is 0 Å². The zero-order valence-electron chi connectivity index (χ0n) is 4.09. The summed E-state index contributed by atoms with van der Waals surface area (Å²) in [6, 6.07) is 0. The second kappa shape index (κ2) is 3.79. The summed E-state index contributed by atoms with van der Waals surface area (Å²) in [5, 5.41) is 0. The van der Waals surface area contributed by atoms with Crippen molar-refractivity contribution in [2.24, 2.45) is 0 Å². The third-order valence-electron chi connectivity index (χ3n) is 0.365. The second-order valence-electron chi connectivity index (χ2n) is 0.871. The molecule has 0 unspecified atom stereocenters. The first-order valence-electron chi connectivity index (χ1n) is 1.51. The van der Waals surface area contributed by atoms with Crippen LogP contribution in [-0.4, -0.2) is 46.0 Å². The van der Waals surface area contributed by atoms with E-state index in [0.717, 1.165) is 0 Å². The normalized spacial score (nSPS) is 10.0. The number of rotatable bonds is 1. The summed E-state index contributed by atoms with van der Waals surface area (Å²) in [5.41, 5.74) is 0. The van der Waals surface area contributed by atoms with Gasteiger partial charge in [0.25, 0.3) is 10.1 Å². The second-order valence-corrected chi connectivity index (χ2v) is 2.61. The van der Waals surface area contributed by atoms with Crippen molar-refractivity contribution in [1.29, 1.82) is 0 Å². The van der Waals surface area contributed by atoms with Gasteiger partial charge in [0.1, 0.15) is 0 Å². The molecule has 0 saturated carbocycles. The first-order chi connectivity index (χ1) is 2.56. The van der Waals surface area contributed by atoms with Gasteiger partial charge in [0, 0.05) is 0 Å². The van der Waals surface area contributed by atoms with E-state index in [1.807, 2.05) is 0 Å². The molecule has 0 atom stereocenters. The summed E-state index contributed by atoms with van der Waals surface area (Å²) < 4.78 is 26.9. The zero-order valence-corrected chi connectivity index (χ0v) is 10.4. The molecular formula is C2H8O3PbS. The van der Waals surface area contributed by atoms with Crippen LogP contribution in [-0.2, 0) is 10.1 Å². The van der Waals surface area contributed by atoms with E-state index < -0.39 is 10.1 Å². The van der Waals surface area contributed by atoms with E-state index in [9.17, 15) is 8.42 Å². The zero-order chi connectivity index (χ0) is 5.21. The molecule has 0 heterocycles. The molecule has 0 amide bonds. The van der Waals surface area contributed by atoms with E-state index in [1.54, 1.807) is 0 Å². The molecule has 3 nitrogen and oxygen atoms in total. The molecule has 0 bridgehead atoms. The molecule has 2 radical (unpaired) electrons. The van der Waals surface area contributed by atoms with Crippen LogP contribution in [0, 0.1) is 0 Å². The van der Waals surface area contributed by atoms with E-state index in [2.05, 4.69) is 0 Å². The van der Waals surface area contributed by atoms with Gasteiger partial charge in [-0.15, -0.1) is 0 Å². The average Bonchev–Trinajstić information content (AvgIpc) is 1.35. The predicted octanol–water partition coefficient (Wildman–Crippen LogP) is -1.02. The minimum absolute atomic E-state index is 0. The van der Waals surface area contributed by atoms with Crippen LogP contribution in [0.1, 0.15) is 6.92 Å². The molecule has 1 N–H and O–H groups in total. The predicted molar refractivity (Wildman–Crippen MR) is 30.6 cm³/mol. The quantitative estimate of drug-likeness (QED) is 0.497. The van der Waals surface area contributed by atoms with E-state index >= 15 is 0 Å². The van der Waals surface area contributed by atoms with Gasteiger partial charge in [-0.05, 0) is 6.92 Å². The molecule has 0 aromatic heterocycles. The molecule has 0 aliphatic carbocycles. The van der Waals surface area contributed by atoms with Crippen molar-refractivity contribution in [3.8, 4) is 0 Å². The van der Waals surface area contributed by atoms with Crippen LogP contribution in [0.25, 0.3) is 0 Å². The van der Waals surface area contributed by atoms with Crippen molar-refractivity contribution < 1.29 is 13.0 Å².